The second kappa shape index (κ2) is 5.96. The van der Waals surface area contributed by atoms with Gasteiger partial charge in [-0.1, -0.05) is 32.9 Å². The average molecular weight is 326 g/mol. The van der Waals surface area contributed by atoms with Gasteiger partial charge in [0.15, 0.2) is 5.13 Å². The second-order valence-electron chi connectivity index (χ2n) is 6.21. The molecule has 0 fully saturated rings. The van der Waals surface area contributed by atoms with Gasteiger partial charge in [0.2, 0.25) is 0 Å². The van der Waals surface area contributed by atoms with E-state index in [1.54, 1.807) is 16.9 Å². The van der Waals surface area contributed by atoms with Crippen LogP contribution in [0.2, 0.25) is 0 Å². The lowest BCUT2D eigenvalue weighted by Crippen LogP contribution is -2.16. The summed E-state index contributed by atoms with van der Waals surface area (Å²) in [5, 5.41) is 9.66. The molecular formula is C17H18N4OS. The van der Waals surface area contributed by atoms with Crippen LogP contribution in [-0.4, -0.2) is 20.7 Å². The van der Waals surface area contributed by atoms with Crippen molar-refractivity contribution in [3.8, 4) is 5.69 Å². The number of hydrogen-bond acceptors (Lipinski definition) is 4. The van der Waals surface area contributed by atoms with Gasteiger partial charge >= 0.3 is 0 Å². The predicted octanol–water partition coefficient (Wildman–Crippen LogP) is 3.88. The Morgan fingerprint density at radius 2 is 2.00 bits per heavy atom. The topological polar surface area (TPSA) is 59.8 Å². The van der Waals surface area contributed by atoms with Crippen molar-refractivity contribution in [1.82, 2.24) is 14.8 Å². The molecule has 6 heteroatoms. The van der Waals surface area contributed by atoms with Crippen molar-refractivity contribution < 1.29 is 4.79 Å². The quantitative estimate of drug-likeness (QED) is 0.794. The first-order chi connectivity index (χ1) is 10.9. The summed E-state index contributed by atoms with van der Waals surface area (Å²) in [7, 11) is 0. The summed E-state index contributed by atoms with van der Waals surface area (Å²) < 4.78 is 1.68. The standard InChI is InChI=1S/C17H18N4OS/c1-17(2,3)14-11-23-16(19-14)20-15(22)12-7-4-5-8-13(12)21-10-6-9-18-21/h4-11H,1-3H3,(H,19,20,22). The Morgan fingerprint density at radius 3 is 2.65 bits per heavy atom. The number of nitrogens with zero attached hydrogens (tertiary/aromatic N) is 3. The third-order valence-electron chi connectivity index (χ3n) is 3.39. The van der Waals surface area contributed by atoms with Gasteiger partial charge in [-0.3, -0.25) is 10.1 Å². The van der Waals surface area contributed by atoms with E-state index in [1.165, 1.54) is 11.3 Å². The number of nitrogens with one attached hydrogen (secondary N) is 1. The van der Waals surface area contributed by atoms with E-state index in [0.29, 0.717) is 10.7 Å². The van der Waals surface area contributed by atoms with Gasteiger partial charge in [0.1, 0.15) is 0 Å². The summed E-state index contributed by atoms with van der Waals surface area (Å²) in [5.74, 6) is -0.189. The van der Waals surface area contributed by atoms with E-state index in [0.717, 1.165) is 11.4 Å². The number of carbonyl (C=O) groups excluding carboxylic acids is 1. The molecule has 0 spiro atoms. The van der Waals surface area contributed by atoms with Crippen LogP contribution in [0.1, 0.15) is 36.8 Å². The fraction of sp³-hybridized carbons (Fsp3) is 0.235. The number of amides is 1. The Kier molecular flexibility index (Phi) is 4.00. The minimum atomic E-state index is -0.189. The molecule has 3 rings (SSSR count). The zero-order valence-corrected chi connectivity index (χ0v) is 14.1. The molecule has 0 radical (unpaired) electrons. The molecule has 0 unspecified atom stereocenters. The fourth-order valence-corrected chi connectivity index (χ4v) is 3.05. The Morgan fingerprint density at radius 1 is 1.22 bits per heavy atom. The maximum atomic E-state index is 12.6. The minimum Gasteiger partial charge on any atom is -0.298 e. The van der Waals surface area contributed by atoms with Crippen molar-refractivity contribution in [2.75, 3.05) is 5.32 Å². The maximum Gasteiger partial charge on any atom is 0.259 e. The Labute approximate surface area is 139 Å². The normalized spacial score (nSPS) is 11.4. The van der Waals surface area contributed by atoms with Gasteiger partial charge in [-0.2, -0.15) is 5.10 Å². The molecule has 0 atom stereocenters. The van der Waals surface area contributed by atoms with Gasteiger partial charge < -0.3 is 0 Å². The molecule has 2 heterocycles. The maximum absolute atomic E-state index is 12.6. The van der Waals surface area contributed by atoms with Crippen molar-refractivity contribution in [3.63, 3.8) is 0 Å². The molecule has 5 nitrogen and oxygen atoms in total. The van der Waals surface area contributed by atoms with Crippen LogP contribution in [0, 0.1) is 0 Å². The fourth-order valence-electron chi connectivity index (χ4n) is 2.12. The first kappa shape index (κ1) is 15.4. The second-order valence-corrected chi connectivity index (χ2v) is 7.07. The van der Waals surface area contributed by atoms with Gasteiger partial charge in [0, 0.05) is 23.2 Å². The highest BCUT2D eigenvalue weighted by atomic mass is 32.1. The molecule has 1 amide bonds. The van der Waals surface area contributed by atoms with E-state index in [4.69, 9.17) is 0 Å². The molecular weight excluding hydrogens is 308 g/mol. The SMILES string of the molecule is CC(C)(C)c1csc(NC(=O)c2ccccc2-n2cccn2)n1. The number of carbonyl (C=O) groups is 1. The number of rotatable bonds is 3. The molecule has 0 saturated carbocycles. The smallest absolute Gasteiger partial charge is 0.259 e. The van der Waals surface area contributed by atoms with Crippen LogP contribution in [0.4, 0.5) is 5.13 Å². The van der Waals surface area contributed by atoms with E-state index < -0.39 is 0 Å². The van der Waals surface area contributed by atoms with Crippen LogP contribution in [0.3, 0.4) is 0 Å². The lowest BCUT2D eigenvalue weighted by molar-refractivity contribution is 0.102. The van der Waals surface area contributed by atoms with Gasteiger partial charge in [-0.05, 0) is 18.2 Å². The number of para-hydroxylation sites is 1. The van der Waals surface area contributed by atoms with Crippen LogP contribution in [-0.2, 0) is 5.41 Å². The van der Waals surface area contributed by atoms with Crippen LogP contribution in [0.5, 0.6) is 0 Å². The van der Waals surface area contributed by atoms with Crippen molar-refractivity contribution in [2.45, 2.75) is 26.2 Å². The van der Waals surface area contributed by atoms with Gasteiger partial charge in [-0.25, -0.2) is 9.67 Å². The monoisotopic (exact) mass is 326 g/mol. The molecule has 3 aromatic rings. The molecule has 0 aliphatic heterocycles. The molecule has 0 bridgehead atoms. The molecule has 2 aromatic heterocycles. The summed E-state index contributed by atoms with van der Waals surface area (Å²) in [6.45, 7) is 6.29. The first-order valence-corrected chi connectivity index (χ1v) is 8.19. The minimum absolute atomic E-state index is 0.0353. The van der Waals surface area contributed by atoms with Crippen LogP contribution in [0.15, 0.2) is 48.1 Å². The molecule has 1 aromatic carbocycles. The van der Waals surface area contributed by atoms with Gasteiger partial charge in [0.25, 0.3) is 5.91 Å². The Balaban J connectivity index is 1.86. The van der Waals surface area contributed by atoms with E-state index in [2.05, 4.69) is 36.2 Å². The van der Waals surface area contributed by atoms with E-state index in [1.807, 2.05) is 35.8 Å². The van der Waals surface area contributed by atoms with Crippen molar-refractivity contribution in [1.29, 1.82) is 0 Å². The van der Waals surface area contributed by atoms with Crippen LogP contribution < -0.4 is 5.32 Å². The highest BCUT2D eigenvalue weighted by Crippen LogP contribution is 2.27. The molecule has 0 aliphatic carbocycles. The number of thiazole rings is 1. The molecule has 0 saturated heterocycles. The van der Waals surface area contributed by atoms with E-state index in [9.17, 15) is 4.79 Å². The zero-order valence-electron chi connectivity index (χ0n) is 13.3. The average Bonchev–Trinajstić information content (AvgIpc) is 3.18. The molecule has 118 valence electrons. The van der Waals surface area contributed by atoms with Crippen LogP contribution in [0.25, 0.3) is 5.69 Å². The van der Waals surface area contributed by atoms with Crippen molar-refractivity contribution >= 4 is 22.4 Å². The number of hydrogen-bond donors (Lipinski definition) is 1. The highest BCUT2D eigenvalue weighted by molar-refractivity contribution is 7.14. The zero-order chi connectivity index (χ0) is 16.4. The summed E-state index contributed by atoms with van der Waals surface area (Å²) in [4.78, 5) is 17.1. The molecule has 23 heavy (non-hydrogen) atoms. The van der Waals surface area contributed by atoms with Gasteiger partial charge in [-0.15, -0.1) is 11.3 Å². The Hall–Kier alpha value is -2.47. The number of anilines is 1. The summed E-state index contributed by atoms with van der Waals surface area (Å²) in [6.07, 6.45) is 3.50. The lowest BCUT2D eigenvalue weighted by Gasteiger charge is -2.14. The van der Waals surface area contributed by atoms with Crippen molar-refractivity contribution in [2.24, 2.45) is 0 Å². The summed E-state index contributed by atoms with van der Waals surface area (Å²) in [6, 6.07) is 9.19. The molecule has 0 aliphatic rings. The highest BCUT2D eigenvalue weighted by Gasteiger charge is 2.19. The van der Waals surface area contributed by atoms with Crippen molar-refractivity contribution in [3.05, 3.63) is 59.4 Å². The lowest BCUT2D eigenvalue weighted by atomic mass is 9.93. The Bertz CT molecular complexity index is 815. The molecule has 1 N–H and O–H groups in total. The van der Waals surface area contributed by atoms with E-state index >= 15 is 0 Å². The van der Waals surface area contributed by atoms with E-state index in [-0.39, 0.29) is 11.3 Å². The third kappa shape index (κ3) is 3.32. The predicted molar refractivity (Wildman–Crippen MR) is 92.3 cm³/mol. The largest absolute Gasteiger partial charge is 0.298 e. The number of benzene rings is 1. The van der Waals surface area contributed by atoms with Gasteiger partial charge in [0.05, 0.1) is 16.9 Å². The first-order valence-electron chi connectivity index (χ1n) is 7.31. The third-order valence-corrected chi connectivity index (χ3v) is 4.15. The van der Waals surface area contributed by atoms with Crippen LogP contribution >= 0.6 is 11.3 Å². The summed E-state index contributed by atoms with van der Waals surface area (Å²) >= 11 is 1.44. The summed E-state index contributed by atoms with van der Waals surface area (Å²) in [5.41, 5.74) is 2.23. The number of aromatic nitrogens is 3.